The molecule has 0 saturated carbocycles. The summed E-state index contributed by atoms with van der Waals surface area (Å²) in [6.07, 6.45) is 4.01. The molecule has 0 aliphatic carbocycles. The molecule has 0 unspecified atom stereocenters. The van der Waals surface area contributed by atoms with Gasteiger partial charge in [0.05, 0.1) is 13.2 Å². The quantitative estimate of drug-likeness (QED) is 0.702. The summed E-state index contributed by atoms with van der Waals surface area (Å²) in [7, 11) is 1.97. The Morgan fingerprint density at radius 2 is 1.86 bits per heavy atom. The van der Waals surface area contributed by atoms with Gasteiger partial charge in [0.25, 0.3) is 0 Å². The van der Waals surface area contributed by atoms with Crippen molar-refractivity contribution in [3.05, 3.63) is 36.2 Å². The molecule has 0 saturated heterocycles. The third kappa shape index (κ3) is 3.37. The maximum atomic E-state index is 9.19. The lowest BCUT2D eigenvalue weighted by Crippen LogP contribution is -2.29. The van der Waals surface area contributed by atoms with Crippen molar-refractivity contribution in [3.63, 3.8) is 0 Å². The van der Waals surface area contributed by atoms with Crippen LogP contribution in [0, 0.1) is 6.92 Å². The van der Waals surface area contributed by atoms with Gasteiger partial charge in [0, 0.05) is 55.0 Å². The Labute approximate surface area is 125 Å². The lowest BCUT2D eigenvalue weighted by Gasteiger charge is -2.25. The number of aromatic nitrogens is 1. The number of hydrogen-bond donors (Lipinski definition) is 3. The minimum Gasteiger partial charge on any atom is -0.398 e. The zero-order valence-corrected chi connectivity index (χ0v) is 12.6. The molecule has 0 aliphatic rings. The van der Waals surface area contributed by atoms with Crippen molar-refractivity contribution in [1.29, 1.82) is 0 Å². The fourth-order valence-corrected chi connectivity index (χ4v) is 2.47. The Kier molecular flexibility index (Phi) is 4.88. The molecule has 2 rings (SSSR count). The van der Waals surface area contributed by atoms with Gasteiger partial charge < -0.3 is 25.4 Å². The first-order chi connectivity index (χ1) is 10.1. The van der Waals surface area contributed by atoms with Gasteiger partial charge in [0.1, 0.15) is 0 Å². The largest absolute Gasteiger partial charge is 0.398 e. The molecule has 1 aromatic carbocycles. The van der Waals surface area contributed by atoms with Crippen LogP contribution in [-0.4, -0.2) is 41.1 Å². The van der Waals surface area contributed by atoms with Crippen LogP contribution in [-0.2, 0) is 7.05 Å². The monoisotopic (exact) mass is 289 g/mol. The number of hydrogen-bond acceptors (Lipinski definition) is 4. The normalized spacial score (nSPS) is 10.9. The SMILES string of the molecule is Cc1cc(N(CCO)CCO)cc(-c2ccn(C)c2)c1N. The second-order valence-electron chi connectivity index (χ2n) is 5.22. The van der Waals surface area contributed by atoms with Gasteiger partial charge in [-0.25, -0.2) is 0 Å². The van der Waals surface area contributed by atoms with Gasteiger partial charge in [-0.05, 0) is 30.7 Å². The van der Waals surface area contributed by atoms with Gasteiger partial charge in [0.2, 0.25) is 0 Å². The van der Waals surface area contributed by atoms with E-state index in [1.54, 1.807) is 0 Å². The van der Waals surface area contributed by atoms with Crippen LogP contribution in [0.3, 0.4) is 0 Å². The molecule has 0 spiro atoms. The van der Waals surface area contributed by atoms with Crippen LogP contribution >= 0.6 is 0 Å². The summed E-state index contributed by atoms with van der Waals surface area (Å²) in [6.45, 7) is 3.03. The molecule has 0 radical (unpaired) electrons. The Balaban J connectivity index is 2.46. The average Bonchev–Trinajstić information content (AvgIpc) is 2.88. The van der Waals surface area contributed by atoms with Gasteiger partial charge in [0.15, 0.2) is 0 Å². The van der Waals surface area contributed by atoms with Crippen LogP contribution in [0.4, 0.5) is 11.4 Å². The average molecular weight is 289 g/mol. The first-order valence-corrected chi connectivity index (χ1v) is 7.06. The van der Waals surface area contributed by atoms with E-state index in [1.165, 1.54) is 0 Å². The van der Waals surface area contributed by atoms with E-state index in [9.17, 15) is 10.2 Å². The lowest BCUT2D eigenvalue weighted by molar-refractivity contribution is 0.281. The number of rotatable bonds is 6. The van der Waals surface area contributed by atoms with Gasteiger partial charge >= 0.3 is 0 Å². The van der Waals surface area contributed by atoms with E-state index in [4.69, 9.17) is 5.73 Å². The topological polar surface area (TPSA) is 74.7 Å². The predicted molar refractivity (Wildman–Crippen MR) is 86.4 cm³/mol. The molecule has 1 heterocycles. The molecule has 2 aromatic rings. The van der Waals surface area contributed by atoms with E-state index in [2.05, 4.69) is 0 Å². The molecule has 0 fully saturated rings. The van der Waals surface area contributed by atoms with Crippen molar-refractivity contribution in [2.45, 2.75) is 6.92 Å². The van der Waals surface area contributed by atoms with Crippen LogP contribution in [0.25, 0.3) is 11.1 Å². The van der Waals surface area contributed by atoms with Crippen molar-refractivity contribution < 1.29 is 10.2 Å². The Hall–Kier alpha value is -1.98. The fourth-order valence-electron chi connectivity index (χ4n) is 2.47. The van der Waals surface area contributed by atoms with Gasteiger partial charge in [-0.2, -0.15) is 0 Å². The number of anilines is 2. The second kappa shape index (κ2) is 6.65. The van der Waals surface area contributed by atoms with E-state index in [-0.39, 0.29) is 13.2 Å². The number of aliphatic hydroxyl groups excluding tert-OH is 2. The maximum absolute atomic E-state index is 9.19. The first kappa shape index (κ1) is 15.4. The van der Waals surface area contributed by atoms with Crippen LogP contribution < -0.4 is 10.6 Å². The molecule has 0 bridgehead atoms. The van der Waals surface area contributed by atoms with E-state index in [1.807, 2.05) is 54.0 Å². The van der Waals surface area contributed by atoms with Crippen molar-refractivity contribution in [2.24, 2.45) is 7.05 Å². The third-order valence-electron chi connectivity index (χ3n) is 3.62. The Morgan fingerprint density at radius 3 is 2.38 bits per heavy atom. The zero-order valence-electron chi connectivity index (χ0n) is 12.6. The number of aryl methyl sites for hydroxylation is 2. The van der Waals surface area contributed by atoms with E-state index >= 15 is 0 Å². The summed E-state index contributed by atoms with van der Waals surface area (Å²) in [4.78, 5) is 1.96. The summed E-state index contributed by atoms with van der Waals surface area (Å²) in [6, 6.07) is 6.04. The highest BCUT2D eigenvalue weighted by Crippen LogP contribution is 2.33. The molecule has 114 valence electrons. The highest BCUT2D eigenvalue weighted by Gasteiger charge is 2.12. The Bertz CT molecular complexity index is 602. The summed E-state index contributed by atoms with van der Waals surface area (Å²) < 4.78 is 1.98. The van der Waals surface area contributed by atoms with Crippen LogP contribution in [0.15, 0.2) is 30.6 Å². The summed E-state index contributed by atoms with van der Waals surface area (Å²) >= 11 is 0. The van der Waals surface area contributed by atoms with Crippen LogP contribution in [0.2, 0.25) is 0 Å². The van der Waals surface area contributed by atoms with Crippen molar-refractivity contribution in [1.82, 2.24) is 4.57 Å². The number of nitrogen functional groups attached to an aromatic ring is 1. The molecule has 5 heteroatoms. The highest BCUT2D eigenvalue weighted by atomic mass is 16.3. The predicted octanol–water partition coefficient (Wildman–Crippen LogP) is 1.37. The minimum absolute atomic E-state index is 0.0457. The fraction of sp³-hybridized carbons (Fsp3) is 0.375. The maximum Gasteiger partial charge on any atom is 0.0606 e. The Morgan fingerprint density at radius 1 is 1.19 bits per heavy atom. The molecule has 0 amide bonds. The van der Waals surface area contributed by atoms with Crippen LogP contribution in [0.1, 0.15) is 5.56 Å². The highest BCUT2D eigenvalue weighted by molar-refractivity contribution is 5.82. The summed E-state index contributed by atoms with van der Waals surface area (Å²) in [5.74, 6) is 0. The smallest absolute Gasteiger partial charge is 0.0606 e. The molecule has 1 aromatic heterocycles. The number of aliphatic hydroxyl groups is 2. The first-order valence-electron chi connectivity index (χ1n) is 7.06. The van der Waals surface area contributed by atoms with E-state index in [0.29, 0.717) is 13.1 Å². The van der Waals surface area contributed by atoms with Crippen molar-refractivity contribution >= 4 is 11.4 Å². The third-order valence-corrected chi connectivity index (χ3v) is 3.62. The molecular formula is C16H23N3O2. The molecule has 5 nitrogen and oxygen atoms in total. The van der Waals surface area contributed by atoms with Gasteiger partial charge in [-0.1, -0.05) is 0 Å². The minimum atomic E-state index is 0.0457. The van der Waals surface area contributed by atoms with Crippen molar-refractivity contribution in [3.8, 4) is 11.1 Å². The lowest BCUT2D eigenvalue weighted by atomic mass is 10.0. The molecule has 0 atom stereocenters. The second-order valence-corrected chi connectivity index (χ2v) is 5.22. The van der Waals surface area contributed by atoms with Crippen LogP contribution in [0.5, 0.6) is 0 Å². The summed E-state index contributed by atoms with van der Waals surface area (Å²) in [5.41, 5.74) is 11.0. The standard InChI is InChI=1S/C16H23N3O2/c1-12-9-14(19(5-7-20)6-8-21)10-15(16(12)17)13-3-4-18(2)11-13/h3-4,9-11,20-21H,5-8,17H2,1-2H3. The molecule has 21 heavy (non-hydrogen) atoms. The number of nitrogens with zero attached hydrogens (tertiary/aromatic N) is 2. The van der Waals surface area contributed by atoms with Gasteiger partial charge in [-0.15, -0.1) is 0 Å². The molecule has 0 aliphatic heterocycles. The van der Waals surface area contributed by atoms with E-state index < -0.39 is 0 Å². The zero-order chi connectivity index (χ0) is 15.4. The van der Waals surface area contributed by atoms with E-state index in [0.717, 1.165) is 28.1 Å². The van der Waals surface area contributed by atoms with Gasteiger partial charge in [-0.3, -0.25) is 0 Å². The van der Waals surface area contributed by atoms with Crippen molar-refractivity contribution in [2.75, 3.05) is 36.9 Å². The molecular weight excluding hydrogens is 266 g/mol. The number of nitrogens with two attached hydrogens (primary N) is 1. The molecule has 4 N–H and O–H groups in total. The number of benzene rings is 1. The summed E-state index contributed by atoms with van der Waals surface area (Å²) in [5, 5.41) is 18.4.